The van der Waals surface area contributed by atoms with Crippen LogP contribution in [0.4, 0.5) is 5.69 Å². The van der Waals surface area contributed by atoms with Gasteiger partial charge in [-0.15, -0.1) is 0 Å². The number of hydrogen-bond donors (Lipinski definition) is 1. The molecule has 1 aromatic carbocycles. The molecule has 1 heterocycles. The van der Waals surface area contributed by atoms with E-state index in [4.69, 9.17) is 0 Å². The highest BCUT2D eigenvalue weighted by atomic mass is 32.2. The van der Waals surface area contributed by atoms with Gasteiger partial charge in [-0.2, -0.15) is 4.31 Å². The molecule has 2 atom stereocenters. The van der Waals surface area contributed by atoms with E-state index in [2.05, 4.69) is 0 Å². The maximum Gasteiger partial charge on any atom is 0.273 e. The molecule has 2 rings (SSSR count). The quantitative estimate of drug-likeness (QED) is 0.663. The Bertz CT molecular complexity index is 631. The first-order chi connectivity index (χ1) is 9.81. The molecule has 0 aromatic heterocycles. The van der Waals surface area contributed by atoms with Gasteiger partial charge in [-0.1, -0.05) is 25.1 Å². The van der Waals surface area contributed by atoms with Gasteiger partial charge in [-0.3, -0.25) is 10.1 Å². The first-order valence-corrected chi connectivity index (χ1v) is 8.30. The number of benzene rings is 1. The Kier molecular flexibility index (Phi) is 4.60. The van der Waals surface area contributed by atoms with Crippen LogP contribution in [-0.4, -0.2) is 41.9 Å². The molecule has 0 saturated carbocycles. The summed E-state index contributed by atoms with van der Waals surface area (Å²) in [4.78, 5) is 10.4. The van der Waals surface area contributed by atoms with Gasteiger partial charge in [0.1, 0.15) is 0 Å². The zero-order valence-electron chi connectivity index (χ0n) is 11.7. The highest BCUT2D eigenvalue weighted by Crippen LogP contribution is 2.25. The lowest BCUT2D eigenvalue weighted by atomic mass is 9.98. The molecule has 116 valence electrons. The number of rotatable bonds is 4. The number of sulfonamides is 1. The third kappa shape index (κ3) is 3.58. The van der Waals surface area contributed by atoms with Gasteiger partial charge in [-0.05, 0) is 12.3 Å². The monoisotopic (exact) mass is 314 g/mol. The third-order valence-electron chi connectivity index (χ3n) is 3.80. The standard InChI is InChI=1S/C13H18N2O5S/c1-10-6-7-14(8-13(10)16)21(19,20)9-11-4-2-3-5-12(11)15(17)18/h2-5,10,13,16H,6-9H2,1H3. The maximum absolute atomic E-state index is 12.4. The van der Waals surface area contributed by atoms with Crippen LogP contribution in [0.15, 0.2) is 24.3 Å². The summed E-state index contributed by atoms with van der Waals surface area (Å²) in [5, 5.41) is 20.7. The van der Waals surface area contributed by atoms with Crippen LogP contribution in [0, 0.1) is 16.0 Å². The van der Waals surface area contributed by atoms with Gasteiger partial charge in [0.2, 0.25) is 10.0 Å². The van der Waals surface area contributed by atoms with Crippen molar-refractivity contribution >= 4 is 15.7 Å². The molecule has 7 nitrogen and oxygen atoms in total. The van der Waals surface area contributed by atoms with E-state index in [1.54, 1.807) is 6.07 Å². The van der Waals surface area contributed by atoms with Gasteiger partial charge in [0.25, 0.3) is 5.69 Å². The van der Waals surface area contributed by atoms with E-state index in [1.807, 2.05) is 6.92 Å². The van der Waals surface area contributed by atoms with Gasteiger partial charge in [0, 0.05) is 24.7 Å². The molecule has 1 fully saturated rings. The molecule has 1 aliphatic rings. The summed E-state index contributed by atoms with van der Waals surface area (Å²) < 4.78 is 26.0. The Hall–Kier alpha value is -1.51. The number of β-amino-alcohol motifs (C(OH)–C–C–N with tert-alkyl or cyclic N) is 1. The van der Waals surface area contributed by atoms with Crippen LogP contribution >= 0.6 is 0 Å². The molecule has 1 aromatic rings. The maximum atomic E-state index is 12.4. The zero-order valence-corrected chi connectivity index (χ0v) is 12.5. The highest BCUT2D eigenvalue weighted by molar-refractivity contribution is 7.88. The second kappa shape index (κ2) is 6.08. The van der Waals surface area contributed by atoms with Crippen molar-refractivity contribution in [3.63, 3.8) is 0 Å². The predicted molar refractivity (Wildman–Crippen MR) is 77.1 cm³/mol. The molecule has 1 aliphatic heterocycles. The summed E-state index contributed by atoms with van der Waals surface area (Å²) in [5.41, 5.74) is -0.0392. The van der Waals surface area contributed by atoms with E-state index in [0.717, 1.165) is 0 Å². The second-order valence-corrected chi connectivity index (χ2v) is 7.30. The lowest BCUT2D eigenvalue weighted by molar-refractivity contribution is -0.385. The van der Waals surface area contributed by atoms with Crippen molar-refractivity contribution in [2.75, 3.05) is 13.1 Å². The molecule has 0 radical (unpaired) electrons. The smallest absolute Gasteiger partial charge is 0.273 e. The predicted octanol–water partition coefficient (Wildman–Crippen LogP) is 1.13. The van der Waals surface area contributed by atoms with Crippen LogP contribution < -0.4 is 0 Å². The van der Waals surface area contributed by atoms with Gasteiger partial charge < -0.3 is 5.11 Å². The normalized spacial score (nSPS) is 23.9. The van der Waals surface area contributed by atoms with Crippen molar-refractivity contribution in [3.05, 3.63) is 39.9 Å². The molecule has 8 heteroatoms. The minimum Gasteiger partial charge on any atom is -0.391 e. The topological polar surface area (TPSA) is 101 Å². The van der Waals surface area contributed by atoms with Crippen LogP contribution in [0.25, 0.3) is 0 Å². The summed E-state index contributed by atoms with van der Waals surface area (Å²) >= 11 is 0. The molecule has 0 amide bonds. The highest BCUT2D eigenvalue weighted by Gasteiger charge is 2.32. The molecule has 0 spiro atoms. The van der Waals surface area contributed by atoms with Gasteiger partial charge in [-0.25, -0.2) is 8.42 Å². The van der Waals surface area contributed by atoms with Gasteiger partial charge >= 0.3 is 0 Å². The van der Waals surface area contributed by atoms with Crippen molar-refractivity contribution in [3.8, 4) is 0 Å². The number of nitro groups is 1. The van der Waals surface area contributed by atoms with Crippen molar-refractivity contribution in [2.45, 2.75) is 25.2 Å². The van der Waals surface area contributed by atoms with E-state index >= 15 is 0 Å². The van der Waals surface area contributed by atoms with Crippen LogP contribution in [-0.2, 0) is 15.8 Å². The molecule has 1 N–H and O–H groups in total. The number of para-hydroxylation sites is 1. The number of piperidine rings is 1. The number of nitro benzene ring substituents is 1. The molecule has 0 bridgehead atoms. The molecular formula is C13H18N2O5S. The average Bonchev–Trinajstić information content (AvgIpc) is 2.41. The minimum absolute atomic E-state index is 0.0458. The van der Waals surface area contributed by atoms with Crippen LogP contribution in [0.2, 0.25) is 0 Å². The van der Waals surface area contributed by atoms with Gasteiger partial charge in [0.05, 0.1) is 16.8 Å². The largest absolute Gasteiger partial charge is 0.391 e. The summed E-state index contributed by atoms with van der Waals surface area (Å²) in [5.74, 6) is -0.367. The summed E-state index contributed by atoms with van der Waals surface area (Å²) in [6.45, 7) is 2.25. The third-order valence-corrected chi connectivity index (χ3v) is 5.60. The van der Waals surface area contributed by atoms with E-state index < -0.39 is 26.8 Å². The fourth-order valence-corrected chi connectivity index (χ4v) is 3.95. The first kappa shape index (κ1) is 15.9. The lowest BCUT2D eigenvalue weighted by Crippen LogP contribution is -2.46. The zero-order chi connectivity index (χ0) is 15.6. The van der Waals surface area contributed by atoms with Crippen LogP contribution in [0.5, 0.6) is 0 Å². The number of aliphatic hydroxyl groups is 1. The Morgan fingerprint density at radius 2 is 2.10 bits per heavy atom. The van der Waals surface area contributed by atoms with E-state index in [1.165, 1.54) is 22.5 Å². The Balaban J connectivity index is 2.20. The first-order valence-electron chi connectivity index (χ1n) is 6.69. The molecule has 0 aliphatic carbocycles. The SMILES string of the molecule is CC1CCN(S(=O)(=O)Cc2ccccc2[N+](=O)[O-])CC1O. The van der Waals surface area contributed by atoms with E-state index in [9.17, 15) is 23.6 Å². The van der Waals surface area contributed by atoms with E-state index in [-0.39, 0.29) is 23.7 Å². The van der Waals surface area contributed by atoms with Crippen molar-refractivity contribution in [1.29, 1.82) is 0 Å². The average molecular weight is 314 g/mol. The second-order valence-electron chi connectivity index (χ2n) is 5.33. The number of nitrogens with zero attached hydrogens (tertiary/aromatic N) is 2. The Morgan fingerprint density at radius 1 is 1.43 bits per heavy atom. The van der Waals surface area contributed by atoms with Gasteiger partial charge in [0.15, 0.2) is 0 Å². The van der Waals surface area contributed by atoms with Crippen molar-refractivity contribution in [1.82, 2.24) is 4.31 Å². The lowest BCUT2D eigenvalue weighted by Gasteiger charge is -2.33. The Morgan fingerprint density at radius 3 is 2.71 bits per heavy atom. The molecule has 2 unspecified atom stereocenters. The fraction of sp³-hybridized carbons (Fsp3) is 0.538. The number of hydrogen-bond acceptors (Lipinski definition) is 5. The van der Waals surface area contributed by atoms with Crippen molar-refractivity contribution in [2.24, 2.45) is 5.92 Å². The van der Waals surface area contributed by atoms with E-state index in [0.29, 0.717) is 13.0 Å². The molecular weight excluding hydrogens is 296 g/mol. The summed E-state index contributed by atoms with van der Waals surface area (Å²) in [6.07, 6.45) is -0.114. The Labute approximate surface area is 123 Å². The molecule has 1 saturated heterocycles. The summed E-state index contributed by atoms with van der Waals surface area (Å²) in [7, 11) is -3.68. The van der Waals surface area contributed by atoms with Crippen molar-refractivity contribution < 1.29 is 18.4 Å². The minimum atomic E-state index is -3.68. The summed E-state index contributed by atoms with van der Waals surface area (Å²) in [6, 6.07) is 5.81. The fourth-order valence-electron chi connectivity index (χ4n) is 2.37. The van der Waals surface area contributed by atoms with Crippen LogP contribution in [0.3, 0.4) is 0 Å². The number of aliphatic hydroxyl groups excluding tert-OH is 1. The molecule has 21 heavy (non-hydrogen) atoms. The van der Waals surface area contributed by atoms with Crippen LogP contribution in [0.1, 0.15) is 18.9 Å².